The minimum absolute atomic E-state index is 0.110. The molecule has 3 rings (SSSR count). The van der Waals surface area contributed by atoms with Gasteiger partial charge in [0.15, 0.2) is 5.78 Å². The number of benzene rings is 2. The van der Waals surface area contributed by atoms with Gasteiger partial charge < -0.3 is 0 Å². The number of ketones is 1. The molecule has 2 aromatic carbocycles. The molecule has 0 aromatic heterocycles. The topological polar surface area (TPSA) is 63.2 Å². The summed E-state index contributed by atoms with van der Waals surface area (Å²) in [6, 6.07) is 11.9. The predicted octanol–water partition coefficient (Wildman–Crippen LogP) is 3.57. The molecular weight excluding hydrogens is 310 g/mol. The van der Waals surface area contributed by atoms with Gasteiger partial charge in [0.25, 0.3) is 10.0 Å². The number of carbonyl (C=O) groups excluding carboxylic acids is 1. The monoisotopic (exact) mass is 329 g/mol. The van der Waals surface area contributed by atoms with Crippen molar-refractivity contribution in [2.75, 3.05) is 4.72 Å². The summed E-state index contributed by atoms with van der Waals surface area (Å²) in [5, 5.41) is 0. The van der Waals surface area contributed by atoms with Crippen molar-refractivity contribution in [2.24, 2.45) is 0 Å². The minimum atomic E-state index is -3.71. The van der Waals surface area contributed by atoms with E-state index in [1.807, 2.05) is 6.07 Å². The summed E-state index contributed by atoms with van der Waals surface area (Å²) in [6.07, 6.45) is 4.10. The molecule has 0 saturated carbocycles. The molecule has 0 fully saturated rings. The maximum absolute atomic E-state index is 12.6. The Labute approximate surface area is 136 Å². The average Bonchev–Trinajstić information content (AvgIpc) is 2.55. The third-order valence-electron chi connectivity index (χ3n) is 4.19. The fourth-order valence-corrected chi connectivity index (χ4v) is 4.10. The molecule has 0 radical (unpaired) electrons. The molecule has 0 spiro atoms. The Morgan fingerprint density at radius 2 is 1.78 bits per heavy atom. The van der Waals surface area contributed by atoms with E-state index in [4.69, 9.17) is 0 Å². The van der Waals surface area contributed by atoms with Gasteiger partial charge >= 0.3 is 0 Å². The Kier molecular flexibility index (Phi) is 4.22. The zero-order valence-corrected chi connectivity index (χ0v) is 13.8. The zero-order chi connectivity index (χ0) is 16.4. The van der Waals surface area contributed by atoms with E-state index in [0.717, 1.165) is 31.2 Å². The van der Waals surface area contributed by atoms with Gasteiger partial charge in [0.2, 0.25) is 0 Å². The van der Waals surface area contributed by atoms with Gasteiger partial charge in [-0.3, -0.25) is 9.52 Å². The van der Waals surface area contributed by atoms with Crippen LogP contribution in [-0.2, 0) is 22.9 Å². The van der Waals surface area contributed by atoms with Crippen molar-refractivity contribution in [2.45, 2.75) is 37.5 Å². The lowest BCUT2D eigenvalue weighted by molar-refractivity contribution is 0.101. The SMILES string of the molecule is CC(=O)c1cccc(S(=O)(=O)Nc2cccc3c2CCCC3)c1. The standard InChI is InChI=1S/C18H19NO3S/c1-13(20)15-8-4-9-16(12-15)23(21,22)19-18-11-5-7-14-6-2-3-10-17(14)18/h4-5,7-9,11-12,19H,2-3,6,10H2,1H3. The molecule has 0 heterocycles. The number of nitrogens with one attached hydrogen (secondary N) is 1. The van der Waals surface area contributed by atoms with Crippen molar-refractivity contribution in [3.8, 4) is 0 Å². The molecule has 5 heteroatoms. The summed E-state index contributed by atoms with van der Waals surface area (Å²) < 4.78 is 28.0. The zero-order valence-electron chi connectivity index (χ0n) is 13.0. The van der Waals surface area contributed by atoms with Gasteiger partial charge in [-0.25, -0.2) is 8.42 Å². The van der Waals surface area contributed by atoms with E-state index < -0.39 is 10.0 Å². The Hall–Kier alpha value is -2.14. The molecule has 0 saturated heterocycles. The summed E-state index contributed by atoms with van der Waals surface area (Å²) >= 11 is 0. The number of Topliss-reactive ketones (excluding diaryl/α,β-unsaturated/α-hetero) is 1. The van der Waals surface area contributed by atoms with Crippen LogP contribution < -0.4 is 4.72 Å². The van der Waals surface area contributed by atoms with E-state index >= 15 is 0 Å². The van der Waals surface area contributed by atoms with Crippen LogP contribution in [0.25, 0.3) is 0 Å². The first-order chi connectivity index (χ1) is 11.0. The van der Waals surface area contributed by atoms with E-state index in [-0.39, 0.29) is 10.7 Å². The molecule has 0 bridgehead atoms. The second kappa shape index (κ2) is 6.16. The third-order valence-corrected chi connectivity index (χ3v) is 5.55. The molecule has 0 unspecified atom stereocenters. The van der Waals surface area contributed by atoms with Gasteiger partial charge in [-0.1, -0.05) is 24.3 Å². The molecule has 1 N–H and O–H groups in total. The first-order valence-electron chi connectivity index (χ1n) is 7.72. The molecule has 1 aliphatic carbocycles. The van der Waals surface area contributed by atoms with Crippen molar-refractivity contribution < 1.29 is 13.2 Å². The summed E-state index contributed by atoms with van der Waals surface area (Å²) in [7, 11) is -3.71. The molecule has 4 nitrogen and oxygen atoms in total. The van der Waals surface area contributed by atoms with Gasteiger partial charge in [-0.05, 0) is 61.9 Å². The van der Waals surface area contributed by atoms with E-state index in [1.165, 1.54) is 24.6 Å². The number of carbonyl (C=O) groups is 1. The van der Waals surface area contributed by atoms with E-state index in [9.17, 15) is 13.2 Å². The van der Waals surface area contributed by atoms with Crippen LogP contribution in [0.5, 0.6) is 0 Å². The van der Waals surface area contributed by atoms with Crippen LogP contribution in [-0.4, -0.2) is 14.2 Å². The first-order valence-corrected chi connectivity index (χ1v) is 9.20. The highest BCUT2D eigenvalue weighted by Crippen LogP contribution is 2.29. The number of aryl methyl sites for hydroxylation is 1. The number of rotatable bonds is 4. The van der Waals surface area contributed by atoms with Crippen LogP contribution in [0.2, 0.25) is 0 Å². The predicted molar refractivity (Wildman–Crippen MR) is 90.3 cm³/mol. The third kappa shape index (κ3) is 3.29. The smallest absolute Gasteiger partial charge is 0.261 e. The highest BCUT2D eigenvalue weighted by molar-refractivity contribution is 7.92. The molecular formula is C18H19NO3S. The summed E-state index contributed by atoms with van der Waals surface area (Å²) in [5.74, 6) is -0.154. The van der Waals surface area contributed by atoms with E-state index in [1.54, 1.807) is 18.2 Å². The summed E-state index contributed by atoms with van der Waals surface area (Å²) in [5.41, 5.74) is 3.34. The van der Waals surface area contributed by atoms with Gasteiger partial charge in [0, 0.05) is 5.56 Å². The van der Waals surface area contributed by atoms with Crippen molar-refractivity contribution in [3.05, 3.63) is 59.2 Å². The maximum Gasteiger partial charge on any atom is 0.261 e. The van der Waals surface area contributed by atoms with Gasteiger partial charge in [-0.2, -0.15) is 0 Å². The molecule has 0 amide bonds. The number of sulfonamides is 1. The van der Waals surface area contributed by atoms with Crippen molar-refractivity contribution in [3.63, 3.8) is 0 Å². The minimum Gasteiger partial charge on any atom is -0.295 e. The van der Waals surface area contributed by atoms with E-state index in [0.29, 0.717) is 11.3 Å². The lowest BCUT2D eigenvalue weighted by Crippen LogP contribution is -2.16. The van der Waals surface area contributed by atoms with Crippen molar-refractivity contribution in [1.82, 2.24) is 0 Å². The Balaban J connectivity index is 1.96. The molecule has 23 heavy (non-hydrogen) atoms. The fourth-order valence-electron chi connectivity index (χ4n) is 2.96. The molecule has 2 aromatic rings. The lowest BCUT2D eigenvalue weighted by Gasteiger charge is -2.20. The quantitative estimate of drug-likeness (QED) is 0.872. The van der Waals surface area contributed by atoms with Gasteiger partial charge in [0.1, 0.15) is 0 Å². The summed E-state index contributed by atoms with van der Waals surface area (Å²) in [4.78, 5) is 11.6. The Morgan fingerprint density at radius 3 is 2.57 bits per heavy atom. The van der Waals surface area contributed by atoms with Gasteiger partial charge in [0.05, 0.1) is 10.6 Å². The van der Waals surface area contributed by atoms with Crippen LogP contribution in [0.3, 0.4) is 0 Å². The Morgan fingerprint density at radius 1 is 1.04 bits per heavy atom. The molecule has 120 valence electrons. The van der Waals surface area contributed by atoms with Crippen LogP contribution in [0.15, 0.2) is 47.4 Å². The normalized spacial score (nSPS) is 14.1. The molecule has 1 aliphatic rings. The van der Waals surface area contributed by atoms with Crippen LogP contribution >= 0.6 is 0 Å². The number of hydrogen-bond acceptors (Lipinski definition) is 3. The Bertz CT molecular complexity index is 856. The fraction of sp³-hybridized carbons (Fsp3) is 0.278. The molecule has 0 aliphatic heterocycles. The average molecular weight is 329 g/mol. The van der Waals surface area contributed by atoms with Crippen molar-refractivity contribution >= 4 is 21.5 Å². The van der Waals surface area contributed by atoms with Crippen LogP contribution in [0, 0.1) is 0 Å². The largest absolute Gasteiger partial charge is 0.295 e. The lowest BCUT2D eigenvalue weighted by atomic mass is 9.91. The highest BCUT2D eigenvalue weighted by atomic mass is 32.2. The van der Waals surface area contributed by atoms with Crippen molar-refractivity contribution in [1.29, 1.82) is 0 Å². The van der Waals surface area contributed by atoms with Crippen LogP contribution in [0.4, 0.5) is 5.69 Å². The number of fused-ring (bicyclic) bond motifs is 1. The summed E-state index contributed by atoms with van der Waals surface area (Å²) in [6.45, 7) is 1.42. The molecule has 0 atom stereocenters. The second-order valence-corrected chi connectivity index (χ2v) is 7.52. The van der Waals surface area contributed by atoms with E-state index in [2.05, 4.69) is 10.8 Å². The highest BCUT2D eigenvalue weighted by Gasteiger charge is 2.19. The van der Waals surface area contributed by atoms with Gasteiger partial charge in [-0.15, -0.1) is 0 Å². The second-order valence-electron chi connectivity index (χ2n) is 5.84. The van der Waals surface area contributed by atoms with Crippen LogP contribution in [0.1, 0.15) is 41.3 Å². The maximum atomic E-state index is 12.6. The number of anilines is 1. The number of hydrogen-bond donors (Lipinski definition) is 1. The first kappa shape index (κ1) is 15.7.